The van der Waals surface area contributed by atoms with Crippen LogP contribution in [0.1, 0.15) is 21.0 Å². The number of aromatic nitrogens is 2. The maximum absolute atomic E-state index is 10.8. The Morgan fingerprint density at radius 3 is 2.77 bits per heavy atom. The van der Waals surface area contributed by atoms with Gasteiger partial charge in [-0.1, -0.05) is 0 Å². The third-order valence-corrected chi connectivity index (χ3v) is 1.50. The van der Waals surface area contributed by atoms with E-state index in [2.05, 4.69) is 14.0 Å². The van der Waals surface area contributed by atoms with Crippen LogP contribution in [0.25, 0.3) is 0 Å². The number of aromatic carboxylic acids is 1. The number of carboxylic acids is 1. The third kappa shape index (κ3) is 2.29. The molecule has 1 rings (SSSR count). The minimum absolute atomic E-state index is 0.168. The van der Waals surface area contributed by atoms with Gasteiger partial charge < -0.3 is 0 Å². The number of rotatable bonds is 3. The van der Waals surface area contributed by atoms with E-state index >= 15 is 0 Å². The van der Waals surface area contributed by atoms with Crippen molar-refractivity contribution in [2.45, 2.75) is 0 Å². The van der Waals surface area contributed by atoms with Crippen LogP contribution in [0.4, 0.5) is 0 Å². The molecule has 3 N–H and O–H groups in total. The Kier molecular flexibility index (Phi) is 3.03. The van der Waals surface area contributed by atoms with E-state index in [-0.39, 0.29) is 11.4 Å². The fourth-order valence-corrected chi connectivity index (χ4v) is 0.861. The van der Waals surface area contributed by atoms with E-state index in [1.165, 1.54) is 0 Å². The van der Waals surface area contributed by atoms with Crippen molar-refractivity contribution >= 4 is 27.8 Å². The van der Waals surface area contributed by atoms with Gasteiger partial charge in [0.05, 0.1) is 0 Å². The zero-order valence-electron chi connectivity index (χ0n) is 6.22. The fourth-order valence-electron chi connectivity index (χ4n) is 0.644. The van der Waals surface area contributed by atoms with Crippen molar-refractivity contribution < 1.29 is 22.6 Å². The average molecular weight is 199 g/mol. The normalized spacial score (nSPS) is 9.00. The van der Waals surface area contributed by atoms with Gasteiger partial charge in [0, 0.05) is 0 Å². The van der Waals surface area contributed by atoms with Crippen LogP contribution in [-0.4, -0.2) is 47.3 Å². The van der Waals surface area contributed by atoms with Crippen LogP contribution in [-0.2, 0) is 3.79 Å². The molecule has 0 amide bonds. The van der Waals surface area contributed by atoms with Gasteiger partial charge in [-0.2, -0.15) is 0 Å². The molecule has 0 fully saturated rings. The molecule has 0 saturated carbocycles. The van der Waals surface area contributed by atoms with Crippen molar-refractivity contribution in [3.63, 3.8) is 0 Å². The molecule has 0 saturated heterocycles. The van der Waals surface area contributed by atoms with Crippen molar-refractivity contribution in [1.82, 2.24) is 10.2 Å². The van der Waals surface area contributed by atoms with E-state index in [4.69, 9.17) is 9.26 Å². The molecule has 1 aromatic heterocycles. The number of hydrogen-bond donors (Lipinski definition) is 3. The van der Waals surface area contributed by atoms with Crippen LogP contribution in [0, 0.1) is 0 Å². The van der Waals surface area contributed by atoms with Crippen molar-refractivity contribution in [1.29, 1.82) is 0 Å². The van der Waals surface area contributed by atoms with Gasteiger partial charge in [0.25, 0.3) is 0 Å². The van der Waals surface area contributed by atoms with Crippen molar-refractivity contribution in [2.75, 3.05) is 0 Å². The zero-order chi connectivity index (χ0) is 9.84. The first-order valence-electron chi connectivity index (χ1n) is 3.10. The predicted molar refractivity (Wildman–Crippen MR) is 38.9 cm³/mol. The van der Waals surface area contributed by atoms with Gasteiger partial charge in [0.1, 0.15) is 0 Å². The Balaban J connectivity index is 2.79. The van der Waals surface area contributed by atoms with Gasteiger partial charge >= 0.3 is 78.1 Å². The molecule has 0 bridgehead atoms. The number of hydrogen-bond acceptors (Lipinski definition) is 5. The number of aromatic amines is 1. The Hall–Kier alpha value is -1.36. The summed E-state index contributed by atoms with van der Waals surface area (Å²) >= 11 is -1.41. The van der Waals surface area contributed by atoms with Gasteiger partial charge in [0.15, 0.2) is 0 Å². The number of H-pyrrole nitrogens is 1. The van der Waals surface area contributed by atoms with E-state index in [9.17, 15) is 9.59 Å². The van der Waals surface area contributed by atoms with E-state index in [0.29, 0.717) is 0 Å². The van der Waals surface area contributed by atoms with E-state index in [0.717, 1.165) is 6.07 Å². The Morgan fingerprint density at radius 1 is 1.62 bits per heavy atom. The number of nitrogens with one attached hydrogen (secondary N) is 1. The summed E-state index contributed by atoms with van der Waals surface area (Å²) in [5.41, 5.74) is -0.376. The first-order chi connectivity index (χ1) is 6.15. The van der Waals surface area contributed by atoms with Gasteiger partial charge in [-0.3, -0.25) is 0 Å². The Labute approximate surface area is 78.7 Å². The second kappa shape index (κ2) is 4.04. The molecule has 1 heterocycles. The summed E-state index contributed by atoms with van der Waals surface area (Å²) in [7, 11) is 0. The second-order valence-corrected chi connectivity index (χ2v) is 2.43. The molecule has 66 valence electrons. The third-order valence-electron chi connectivity index (χ3n) is 1.18. The molecule has 0 aromatic carbocycles. The molecule has 7 nitrogen and oxygen atoms in total. The Bertz CT molecular complexity index is 335. The van der Waals surface area contributed by atoms with Crippen LogP contribution in [0.5, 0.6) is 0 Å². The topological polar surface area (TPSA) is 113 Å². The minimum atomic E-state index is -1.41. The predicted octanol–water partition coefficient (Wildman–Crippen LogP) is -1.21. The van der Waals surface area contributed by atoms with Crippen LogP contribution < -0.4 is 0 Å². The molecule has 0 aliphatic rings. The summed E-state index contributed by atoms with van der Waals surface area (Å²) in [5.74, 6) is -2.07. The summed E-state index contributed by atoms with van der Waals surface area (Å²) in [6, 6.07) is 1.03. The van der Waals surface area contributed by atoms with Crippen LogP contribution >= 0.6 is 0 Å². The zero-order valence-corrected chi connectivity index (χ0v) is 7.38. The fraction of sp³-hybridized carbons (Fsp3) is 0. The second-order valence-electron chi connectivity index (χ2n) is 1.98. The van der Waals surface area contributed by atoms with Gasteiger partial charge in [-0.05, 0) is 0 Å². The first-order valence-corrected chi connectivity index (χ1v) is 4.09. The molecular formula is C5H4AlN2O5+. The molecule has 0 aliphatic heterocycles. The monoisotopic (exact) mass is 199 g/mol. The molecule has 0 atom stereocenters. The Morgan fingerprint density at radius 2 is 2.31 bits per heavy atom. The quantitative estimate of drug-likeness (QED) is 0.526. The summed E-state index contributed by atoms with van der Waals surface area (Å²) in [4.78, 5) is 21.2. The molecule has 0 unspecified atom stereocenters. The average Bonchev–Trinajstić information content (AvgIpc) is 2.52. The van der Waals surface area contributed by atoms with Gasteiger partial charge in [0.2, 0.25) is 0 Å². The number of carboxylic acid groups (broad SMARTS) is 1. The van der Waals surface area contributed by atoms with E-state index in [1.807, 2.05) is 0 Å². The summed E-state index contributed by atoms with van der Waals surface area (Å²) in [6.45, 7) is 0. The summed E-state index contributed by atoms with van der Waals surface area (Å²) < 4.78 is 12.5. The van der Waals surface area contributed by atoms with Crippen molar-refractivity contribution in [3.8, 4) is 0 Å². The molecule has 13 heavy (non-hydrogen) atoms. The van der Waals surface area contributed by atoms with Crippen LogP contribution in [0.2, 0.25) is 0 Å². The van der Waals surface area contributed by atoms with E-state index < -0.39 is 27.8 Å². The number of carbonyl (C=O) groups excluding carboxylic acids is 1. The van der Waals surface area contributed by atoms with Gasteiger partial charge in [-0.25, -0.2) is 0 Å². The molecule has 0 radical (unpaired) electrons. The summed E-state index contributed by atoms with van der Waals surface area (Å²) in [5, 5.41) is 13.9. The maximum atomic E-state index is 10.8. The van der Waals surface area contributed by atoms with Crippen molar-refractivity contribution in [3.05, 3.63) is 17.5 Å². The number of nitrogens with zero attached hydrogens (tertiary/aromatic N) is 1. The van der Waals surface area contributed by atoms with Crippen LogP contribution in [0.15, 0.2) is 6.07 Å². The standard InChI is InChI=1S/C5H4N2O4.Al.H2O/c8-4(9)2-1-3(5(10)11)7-6-2;;/h1H,(H,6,7)(H,8,9)(H,10,11);;1H2/q;+3;/p-2. The molecule has 0 aliphatic carbocycles. The SMILES string of the molecule is O=C([O][Al+][OH])c1cc(C(=O)O)[nH]n1. The first kappa shape index (κ1) is 9.73. The summed E-state index contributed by atoms with van der Waals surface area (Å²) in [6.07, 6.45) is 0. The number of carbonyl (C=O) groups is 2. The molecule has 1 aromatic rings. The molecular weight excluding hydrogens is 195 g/mol. The van der Waals surface area contributed by atoms with Gasteiger partial charge in [-0.15, -0.1) is 0 Å². The molecule has 0 spiro atoms. The van der Waals surface area contributed by atoms with Crippen LogP contribution in [0.3, 0.4) is 0 Å². The van der Waals surface area contributed by atoms with Crippen molar-refractivity contribution in [2.24, 2.45) is 0 Å². The van der Waals surface area contributed by atoms with E-state index in [1.54, 1.807) is 0 Å². The molecule has 8 heteroatoms.